The van der Waals surface area contributed by atoms with Gasteiger partial charge < -0.3 is 9.11 Å². The first-order chi connectivity index (χ1) is 3.15. The van der Waals surface area contributed by atoms with Crippen LogP contribution in [0.15, 0.2) is 0 Å². The Bertz CT molecular complexity index is 43.0. The standard InChI is InChI=1S/CH3O.H2O3S.Zn/c1-2;1-4(2)3;/h2H,1H2;(H2,1,2,3);/q;;+2/p-2. The van der Waals surface area contributed by atoms with Crippen LogP contribution in [-0.2, 0) is 29.7 Å². The van der Waals surface area contributed by atoms with E-state index in [1.165, 1.54) is 0 Å². The van der Waals surface area contributed by atoms with Gasteiger partial charge in [-0.25, -0.2) is 0 Å². The van der Waals surface area contributed by atoms with Crippen molar-refractivity contribution < 1.29 is 36.7 Å². The molecule has 0 rings (SSSR count). The first-order valence-electron chi connectivity index (χ1n) is 1.32. The molecule has 0 saturated heterocycles. The van der Waals surface area contributed by atoms with Crippen LogP contribution >= 0.6 is 0 Å². The molecule has 0 aromatic carbocycles. The quantitative estimate of drug-likeness (QED) is 0.359. The van der Waals surface area contributed by atoms with E-state index >= 15 is 0 Å². The first kappa shape index (κ1) is 10.6. The van der Waals surface area contributed by atoms with Crippen LogP contribution in [0.3, 0.4) is 0 Å². The molecule has 7 heavy (non-hydrogen) atoms. The summed E-state index contributed by atoms with van der Waals surface area (Å²) in [7, 11) is 0. The van der Waals surface area contributed by atoms with Gasteiger partial charge in [-0.05, 0) is 0 Å². The topological polar surface area (TPSA) is 83.4 Å². The molecule has 0 unspecified atom stereocenters. The number of hydrogen-bond acceptors (Lipinski definition) is 4. The zero-order valence-corrected chi connectivity index (χ0v) is 7.28. The van der Waals surface area contributed by atoms with Crippen molar-refractivity contribution in [3.63, 3.8) is 0 Å². The van der Waals surface area contributed by atoms with E-state index < -0.39 is 11.4 Å². The van der Waals surface area contributed by atoms with Crippen molar-refractivity contribution in [3.8, 4) is 0 Å². The number of aliphatic hydroxyl groups excluding tert-OH is 1. The molecule has 0 radical (unpaired) electrons. The summed E-state index contributed by atoms with van der Waals surface area (Å²) in [5.41, 5.74) is 0. The summed E-state index contributed by atoms with van der Waals surface area (Å²) in [5.74, 6) is 0. The molecule has 0 aromatic rings. The van der Waals surface area contributed by atoms with Crippen molar-refractivity contribution in [2.45, 2.75) is 0 Å². The second-order valence-corrected chi connectivity index (χ2v) is 1.77. The van der Waals surface area contributed by atoms with Crippen molar-refractivity contribution in [2.24, 2.45) is 0 Å². The Kier molecular flexibility index (Phi) is 14.9. The fourth-order valence-electron chi connectivity index (χ4n) is 0. The summed E-state index contributed by atoms with van der Waals surface area (Å²) in [5, 5.41) is 8.00. The molecule has 0 amide bonds. The van der Waals surface area contributed by atoms with Crippen LogP contribution in [-0.4, -0.2) is 23.6 Å². The third kappa shape index (κ3) is 337. The molecule has 0 heterocycles. The summed E-state index contributed by atoms with van der Waals surface area (Å²) in [6.45, 7) is 0. The van der Waals surface area contributed by atoms with Crippen LogP contribution in [0.5, 0.6) is 0 Å². The van der Waals surface area contributed by atoms with E-state index in [9.17, 15) is 0 Å². The average molecular weight is 176 g/mol. The Morgan fingerprint density at radius 2 is 1.71 bits per heavy atom. The van der Waals surface area contributed by atoms with E-state index in [0.29, 0.717) is 5.20 Å². The molecular formula is CH3O4SZn. The Hall–Kier alpha value is 0.653. The second kappa shape index (κ2) is 9.82. The van der Waals surface area contributed by atoms with Gasteiger partial charge in [0.15, 0.2) is 0 Å². The van der Waals surface area contributed by atoms with Gasteiger partial charge in [-0.15, -0.1) is 11.4 Å². The van der Waals surface area contributed by atoms with Crippen molar-refractivity contribution in [2.75, 3.05) is 5.20 Å². The summed E-state index contributed by atoms with van der Waals surface area (Å²) in [6.07, 6.45) is 0. The molecular weight excluding hydrogens is 173 g/mol. The van der Waals surface area contributed by atoms with Gasteiger partial charge in [0.2, 0.25) is 0 Å². The molecule has 0 aliphatic rings. The zero-order valence-electron chi connectivity index (χ0n) is 3.49. The van der Waals surface area contributed by atoms with E-state index in [2.05, 4.69) is 0 Å². The minimum absolute atomic E-state index is 0.375. The molecule has 0 atom stereocenters. The Morgan fingerprint density at radius 3 is 1.71 bits per heavy atom. The number of hydrogen-bond donors (Lipinski definition) is 1. The van der Waals surface area contributed by atoms with E-state index in [1.54, 1.807) is 0 Å². The fraction of sp³-hybridized carbons (Fsp3) is 1.00. The molecule has 0 aromatic heterocycles. The van der Waals surface area contributed by atoms with Crippen LogP contribution < -0.4 is 0 Å². The molecule has 39 valence electrons. The predicted molar refractivity (Wildman–Crippen MR) is 16.8 cm³/mol. The van der Waals surface area contributed by atoms with Crippen LogP contribution in [0.25, 0.3) is 0 Å². The van der Waals surface area contributed by atoms with Crippen molar-refractivity contribution >= 4 is 11.4 Å². The average Bonchev–Trinajstić information content (AvgIpc) is 1.33. The van der Waals surface area contributed by atoms with E-state index in [1.807, 2.05) is 0 Å². The van der Waals surface area contributed by atoms with Crippen LogP contribution in [0.4, 0.5) is 0 Å². The van der Waals surface area contributed by atoms with Gasteiger partial charge in [-0.2, -0.15) is 0 Å². The summed E-state index contributed by atoms with van der Waals surface area (Å²) in [6, 6.07) is 0. The van der Waals surface area contributed by atoms with Gasteiger partial charge in [-0.3, -0.25) is 4.21 Å². The molecule has 1 N–H and O–H groups in total. The van der Waals surface area contributed by atoms with Gasteiger partial charge in [0.05, 0.1) is 0 Å². The number of rotatable bonds is 0. The summed E-state index contributed by atoms with van der Waals surface area (Å²) < 4.78 is 25.3. The van der Waals surface area contributed by atoms with Gasteiger partial charge in [-0.1, -0.05) is 0 Å². The predicted octanol–water partition coefficient (Wildman–Crippen LogP) is -1.52. The monoisotopic (exact) mass is 175 g/mol. The first-order valence-corrected chi connectivity index (χ1v) is 4.41. The SMILES string of the molecule is O=S([O-])[O-].O[CH2][Zn+2]. The molecule has 0 aliphatic carbocycles. The molecule has 0 bridgehead atoms. The maximum atomic E-state index is 8.44. The minimum atomic E-state index is -3.11. The molecule has 0 fully saturated rings. The van der Waals surface area contributed by atoms with Crippen LogP contribution in [0.2, 0.25) is 0 Å². The Morgan fingerprint density at radius 1 is 1.71 bits per heavy atom. The number of aliphatic hydroxyl groups is 1. The molecule has 6 heteroatoms. The Balaban J connectivity index is 0. The van der Waals surface area contributed by atoms with Crippen molar-refractivity contribution in [1.29, 1.82) is 0 Å². The van der Waals surface area contributed by atoms with Gasteiger partial charge in [0.1, 0.15) is 0 Å². The van der Waals surface area contributed by atoms with Crippen LogP contribution in [0.1, 0.15) is 0 Å². The molecule has 0 spiro atoms. The third-order valence-corrected chi connectivity index (χ3v) is 0. The van der Waals surface area contributed by atoms with Gasteiger partial charge >= 0.3 is 28.6 Å². The van der Waals surface area contributed by atoms with E-state index in [0.717, 1.165) is 18.3 Å². The maximum absolute atomic E-state index is 8.44. The summed E-state index contributed by atoms with van der Waals surface area (Å²) in [4.78, 5) is 0. The van der Waals surface area contributed by atoms with Gasteiger partial charge in [0.25, 0.3) is 0 Å². The zero-order chi connectivity index (χ0) is 6.28. The Labute approximate surface area is 53.7 Å². The summed E-state index contributed by atoms with van der Waals surface area (Å²) >= 11 is -2.11. The van der Waals surface area contributed by atoms with Crippen LogP contribution in [0, 0.1) is 0 Å². The van der Waals surface area contributed by atoms with Gasteiger partial charge in [0, 0.05) is 0 Å². The van der Waals surface area contributed by atoms with E-state index in [4.69, 9.17) is 18.4 Å². The third-order valence-electron chi connectivity index (χ3n) is 0. The molecule has 0 saturated carbocycles. The fourth-order valence-corrected chi connectivity index (χ4v) is 0. The van der Waals surface area contributed by atoms with Crippen molar-refractivity contribution in [3.05, 3.63) is 0 Å². The van der Waals surface area contributed by atoms with E-state index in [-0.39, 0.29) is 0 Å². The van der Waals surface area contributed by atoms with Crippen molar-refractivity contribution in [1.82, 2.24) is 0 Å². The molecule has 0 aliphatic heterocycles. The second-order valence-electron chi connectivity index (χ2n) is 0.428. The normalized spacial score (nSPS) is 7.71. The molecule has 4 nitrogen and oxygen atoms in total.